The van der Waals surface area contributed by atoms with Crippen molar-refractivity contribution in [3.63, 3.8) is 0 Å². The van der Waals surface area contributed by atoms with Gasteiger partial charge >= 0.3 is 11.9 Å². The van der Waals surface area contributed by atoms with Crippen molar-refractivity contribution in [3.05, 3.63) is 0 Å². The summed E-state index contributed by atoms with van der Waals surface area (Å²) >= 11 is 0. The lowest BCUT2D eigenvalue weighted by molar-refractivity contribution is -0.140. The van der Waals surface area contributed by atoms with Gasteiger partial charge in [-0.3, -0.25) is 19.4 Å². The Balaban J connectivity index is 2.63. The first-order chi connectivity index (χ1) is 11.0. The Morgan fingerprint density at radius 2 is 1.26 bits per heavy atom. The predicted molar refractivity (Wildman–Crippen MR) is 87.8 cm³/mol. The maximum Gasteiger partial charge on any atom is 0.317 e. The van der Waals surface area contributed by atoms with Gasteiger partial charge in [0.05, 0.1) is 13.1 Å². The minimum atomic E-state index is -0.851. The van der Waals surface area contributed by atoms with Gasteiger partial charge in [0.2, 0.25) is 0 Å². The molecule has 0 aliphatic carbocycles. The van der Waals surface area contributed by atoms with Crippen LogP contribution < -0.4 is 5.32 Å². The smallest absolute Gasteiger partial charge is 0.317 e. The van der Waals surface area contributed by atoms with Gasteiger partial charge in [0.25, 0.3) is 0 Å². The van der Waals surface area contributed by atoms with E-state index in [0.29, 0.717) is 26.2 Å². The molecule has 23 heavy (non-hydrogen) atoms. The zero-order valence-electron chi connectivity index (χ0n) is 14.0. The van der Waals surface area contributed by atoms with Crippen LogP contribution >= 0.6 is 0 Å². The molecular weight excluding hydrogens is 300 g/mol. The van der Waals surface area contributed by atoms with Gasteiger partial charge in [0.15, 0.2) is 0 Å². The second-order valence-electron chi connectivity index (χ2n) is 5.93. The van der Waals surface area contributed by atoms with Crippen molar-refractivity contribution < 1.29 is 19.8 Å². The van der Waals surface area contributed by atoms with E-state index in [2.05, 4.69) is 17.1 Å². The highest BCUT2D eigenvalue weighted by Gasteiger charge is 2.16. The van der Waals surface area contributed by atoms with Gasteiger partial charge in [0.1, 0.15) is 0 Å². The van der Waals surface area contributed by atoms with Crippen LogP contribution in [0.5, 0.6) is 0 Å². The van der Waals surface area contributed by atoms with Crippen molar-refractivity contribution in [3.8, 4) is 0 Å². The number of rotatable bonds is 6. The second-order valence-corrected chi connectivity index (χ2v) is 5.93. The predicted octanol–water partition coefficient (Wildman–Crippen LogP) is -0.925. The van der Waals surface area contributed by atoms with Crippen molar-refractivity contribution in [2.24, 2.45) is 0 Å². The molecule has 8 nitrogen and oxygen atoms in total. The lowest BCUT2D eigenvalue weighted by atomic mass is 10.3. The van der Waals surface area contributed by atoms with Gasteiger partial charge in [0, 0.05) is 52.4 Å². The maximum atomic E-state index is 11.0. The number of carboxylic acids is 2. The average Bonchev–Trinajstić information content (AvgIpc) is 2.46. The Hall–Kier alpha value is -1.22. The van der Waals surface area contributed by atoms with E-state index in [1.807, 2.05) is 9.80 Å². The number of aliphatic carboxylic acids is 2. The molecule has 1 aliphatic heterocycles. The minimum absolute atomic E-state index is 0.000867. The first kappa shape index (κ1) is 19.8. The molecule has 0 aromatic heterocycles. The van der Waals surface area contributed by atoms with Gasteiger partial charge in [-0.15, -0.1) is 0 Å². The molecule has 0 aromatic carbocycles. The SMILES string of the molecule is CCCN1CCNCCN(CC(=O)O)CCN(CC(=O)O)CC1. The molecule has 1 heterocycles. The Labute approximate surface area is 138 Å². The standard InChI is InChI=1S/C15H30N4O4/c1-2-5-17-6-3-16-4-7-18(12-14(20)21)10-11-19(9-8-17)13-15(22)23/h16H,2-13H2,1H3,(H,20,21)(H,22,23). The van der Waals surface area contributed by atoms with E-state index in [9.17, 15) is 9.59 Å². The van der Waals surface area contributed by atoms with Crippen LogP contribution in [0.15, 0.2) is 0 Å². The fraction of sp³-hybridized carbons (Fsp3) is 0.867. The lowest BCUT2D eigenvalue weighted by Crippen LogP contribution is -2.46. The Bertz CT molecular complexity index is 367. The molecule has 1 saturated heterocycles. The lowest BCUT2D eigenvalue weighted by Gasteiger charge is -2.30. The quantitative estimate of drug-likeness (QED) is 0.575. The topological polar surface area (TPSA) is 96.4 Å². The van der Waals surface area contributed by atoms with Crippen molar-refractivity contribution >= 4 is 11.9 Å². The number of nitrogens with zero attached hydrogens (tertiary/aromatic N) is 3. The molecule has 0 saturated carbocycles. The maximum absolute atomic E-state index is 11.0. The molecule has 134 valence electrons. The summed E-state index contributed by atoms with van der Waals surface area (Å²) in [5.41, 5.74) is 0. The highest BCUT2D eigenvalue weighted by Crippen LogP contribution is 1.98. The third kappa shape index (κ3) is 9.50. The first-order valence-electron chi connectivity index (χ1n) is 8.32. The fourth-order valence-corrected chi connectivity index (χ4v) is 2.74. The molecule has 0 spiro atoms. The van der Waals surface area contributed by atoms with Gasteiger partial charge in [-0.05, 0) is 13.0 Å². The van der Waals surface area contributed by atoms with E-state index in [-0.39, 0.29) is 13.1 Å². The molecule has 0 aromatic rings. The van der Waals surface area contributed by atoms with E-state index in [1.54, 1.807) is 0 Å². The van der Waals surface area contributed by atoms with Gasteiger partial charge in [-0.2, -0.15) is 0 Å². The average molecular weight is 330 g/mol. The van der Waals surface area contributed by atoms with Crippen LogP contribution in [0.1, 0.15) is 13.3 Å². The summed E-state index contributed by atoms with van der Waals surface area (Å²) in [4.78, 5) is 28.1. The number of carbonyl (C=O) groups is 2. The van der Waals surface area contributed by atoms with Gasteiger partial charge < -0.3 is 20.4 Å². The summed E-state index contributed by atoms with van der Waals surface area (Å²) in [7, 11) is 0. The van der Waals surface area contributed by atoms with E-state index in [1.165, 1.54) is 0 Å². The Morgan fingerprint density at radius 1 is 0.826 bits per heavy atom. The van der Waals surface area contributed by atoms with E-state index < -0.39 is 11.9 Å². The van der Waals surface area contributed by atoms with Crippen LogP contribution in [0.3, 0.4) is 0 Å². The van der Waals surface area contributed by atoms with Crippen molar-refractivity contribution in [1.82, 2.24) is 20.0 Å². The molecule has 0 amide bonds. The monoisotopic (exact) mass is 330 g/mol. The molecule has 1 aliphatic rings. The first-order valence-corrected chi connectivity index (χ1v) is 8.32. The van der Waals surface area contributed by atoms with Crippen molar-refractivity contribution in [2.45, 2.75) is 13.3 Å². The largest absolute Gasteiger partial charge is 0.480 e. The number of carboxylic acid groups (broad SMARTS) is 2. The number of hydrogen-bond acceptors (Lipinski definition) is 6. The van der Waals surface area contributed by atoms with Crippen LogP contribution in [-0.4, -0.2) is 109 Å². The molecule has 0 bridgehead atoms. The molecule has 0 radical (unpaired) electrons. The zero-order chi connectivity index (χ0) is 17.1. The molecule has 0 unspecified atom stereocenters. The summed E-state index contributed by atoms with van der Waals surface area (Å²) < 4.78 is 0. The summed E-state index contributed by atoms with van der Waals surface area (Å²) in [6.07, 6.45) is 1.07. The summed E-state index contributed by atoms with van der Waals surface area (Å²) in [6.45, 7) is 8.98. The third-order valence-electron chi connectivity index (χ3n) is 3.93. The van der Waals surface area contributed by atoms with Gasteiger partial charge in [-0.1, -0.05) is 6.92 Å². The number of hydrogen-bond donors (Lipinski definition) is 3. The molecule has 3 N–H and O–H groups in total. The minimum Gasteiger partial charge on any atom is -0.480 e. The zero-order valence-corrected chi connectivity index (χ0v) is 14.0. The summed E-state index contributed by atoms with van der Waals surface area (Å²) in [5.74, 6) is -1.69. The number of nitrogens with one attached hydrogen (secondary N) is 1. The second kappa shape index (κ2) is 11.3. The van der Waals surface area contributed by atoms with Crippen LogP contribution in [0.4, 0.5) is 0 Å². The molecule has 8 heteroatoms. The van der Waals surface area contributed by atoms with E-state index in [4.69, 9.17) is 10.2 Å². The van der Waals surface area contributed by atoms with Gasteiger partial charge in [-0.25, -0.2) is 0 Å². The highest BCUT2D eigenvalue weighted by molar-refractivity contribution is 5.69. The normalized spacial score (nSPS) is 20.6. The van der Waals surface area contributed by atoms with Crippen molar-refractivity contribution in [1.29, 1.82) is 0 Å². The van der Waals surface area contributed by atoms with Crippen LogP contribution in [0.25, 0.3) is 0 Å². The molecule has 1 rings (SSSR count). The van der Waals surface area contributed by atoms with Crippen LogP contribution in [0.2, 0.25) is 0 Å². The van der Waals surface area contributed by atoms with E-state index >= 15 is 0 Å². The fourth-order valence-electron chi connectivity index (χ4n) is 2.74. The third-order valence-corrected chi connectivity index (χ3v) is 3.93. The highest BCUT2D eigenvalue weighted by atomic mass is 16.4. The Morgan fingerprint density at radius 3 is 1.74 bits per heavy atom. The van der Waals surface area contributed by atoms with Crippen LogP contribution in [0, 0.1) is 0 Å². The summed E-state index contributed by atoms with van der Waals surface area (Å²) in [6, 6.07) is 0. The van der Waals surface area contributed by atoms with Crippen molar-refractivity contribution in [2.75, 3.05) is 72.0 Å². The Kier molecular flexibility index (Phi) is 9.77. The molecular formula is C15H30N4O4. The van der Waals surface area contributed by atoms with E-state index in [0.717, 1.165) is 39.1 Å². The molecule has 1 fully saturated rings. The molecule has 0 atom stereocenters. The van der Waals surface area contributed by atoms with Crippen LogP contribution in [-0.2, 0) is 9.59 Å². The summed E-state index contributed by atoms with van der Waals surface area (Å²) in [5, 5.41) is 21.4.